The molecule has 1 saturated heterocycles. The molecule has 0 saturated carbocycles. The Morgan fingerprint density at radius 1 is 1.38 bits per heavy atom. The Morgan fingerprint density at radius 2 is 2.12 bits per heavy atom. The van der Waals surface area contributed by atoms with Gasteiger partial charge in [-0.15, -0.1) is 0 Å². The maximum Gasteiger partial charge on any atom is 0.410 e. The summed E-state index contributed by atoms with van der Waals surface area (Å²) in [6.07, 6.45) is 4.38. The van der Waals surface area contributed by atoms with Crippen LogP contribution in [0.1, 0.15) is 45.4 Å². The van der Waals surface area contributed by atoms with Gasteiger partial charge < -0.3 is 9.26 Å². The van der Waals surface area contributed by atoms with E-state index in [0.717, 1.165) is 12.8 Å². The van der Waals surface area contributed by atoms with Gasteiger partial charge in [-0.3, -0.25) is 4.90 Å². The number of aromatic nitrogens is 3. The van der Waals surface area contributed by atoms with Gasteiger partial charge in [0.05, 0.1) is 6.04 Å². The summed E-state index contributed by atoms with van der Waals surface area (Å²) in [5, 5.41) is 4.28. The lowest BCUT2D eigenvalue weighted by Gasteiger charge is -2.27. The van der Waals surface area contributed by atoms with E-state index in [-0.39, 0.29) is 17.3 Å². The second-order valence-electron chi connectivity index (χ2n) is 6.64. The van der Waals surface area contributed by atoms with Crippen molar-refractivity contribution in [1.29, 1.82) is 0 Å². The van der Waals surface area contributed by atoms with Crippen LogP contribution in [0.2, 0.25) is 5.15 Å². The van der Waals surface area contributed by atoms with Gasteiger partial charge in [-0.1, -0.05) is 16.8 Å². The molecule has 8 heteroatoms. The lowest BCUT2D eigenvalue weighted by molar-refractivity contribution is 0.0204. The average Bonchev–Trinajstić information content (AvgIpc) is 3.14. The SMILES string of the molecule is CC(C)(C)OC(=O)N1CCCC1c1cc(-c2nccnc2Cl)no1. The van der Waals surface area contributed by atoms with Crippen molar-refractivity contribution in [1.82, 2.24) is 20.0 Å². The highest BCUT2D eigenvalue weighted by Crippen LogP contribution is 2.35. The molecule has 0 N–H and O–H groups in total. The van der Waals surface area contributed by atoms with Crippen LogP contribution in [-0.2, 0) is 4.74 Å². The Kier molecular flexibility index (Phi) is 4.45. The number of ether oxygens (including phenoxy) is 1. The molecule has 3 rings (SSSR count). The van der Waals surface area contributed by atoms with Crippen LogP contribution in [0.15, 0.2) is 23.0 Å². The molecule has 2 aromatic heterocycles. The van der Waals surface area contributed by atoms with Gasteiger partial charge in [-0.05, 0) is 33.6 Å². The van der Waals surface area contributed by atoms with Crippen molar-refractivity contribution in [2.75, 3.05) is 6.54 Å². The first-order valence-electron chi connectivity index (χ1n) is 7.78. The number of halogens is 1. The molecular formula is C16H19ClN4O3. The van der Waals surface area contributed by atoms with E-state index in [0.29, 0.717) is 23.7 Å². The minimum Gasteiger partial charge on any atom is -0.444 e. The molecular weight excluding hydrogens is 332 g/mol. The van der Waals surface area contributed by atoms with Crippen LogP contribution >= 0.6 is 11.6 Å². The Morgan fingerprint density at radius 3 is 2.83 bits per heavy atom. The summed E-state index contributed by atoms with van der Waals surface area (Å²) in [6.45, 7) is 6.16. The molecule has 0 bridgehead atoms. The normalized spacial score (nSPS) is 18.0. The maximum absolute atomic E-state index is 12.4. The van der Waals surface area contributed by atoms with Gasteiger partial charge in [0.2, 0.25) is 0 Å². The highest BCUT2D eigenvalue weighted by atomic mass is 35.5. The third-order valence-electron chi connectivity index (χ3n) is 3.63. The van der Waals surface area contributed by atoms with E-state index in [1.54, 1.807) is 11.0 Å². The number of hydrogen-bond donors (Lipinski definition) is 0. The summed E-state index contributed by atoms with van der Waals surface area (Å²) >= 11 is 6.04. The lowest BCUT2D eigenvalue weighted by atomic mass is 10.1. The number of likely N-dealkylation sites (tertiary alicyclic amines) is 1. The van der Waals surface area contributed by atoms with E-state index >= 15 is 0 Å². The van der Waals surface area contributed by atoms with Crippen molar-refractivity contribution in [2.45, 2.75) is 45.3 Å². The number of rotatable bonds is 2. The Bertz CT molecular complexity index is 741. The van der Waals surface area contributed by atoms with E-state index in [2.05, 4.69) is 15.1 Å². The molecule has 1 aliphatic rings. The highest BCUT2D eigenvalue weighted by Gasteiger charge is 2.35. The van der Waals surface area contributed by atoms with Crippen molar-refractivity contribution < 1.29 is 14.1 Å². The minimum absolute atomic E-state index is 0.198. The number of amides is 1. The zero-order valence-electron chi connectivity index (χ0n) is 13.8. The van der Waals surface area contributed by atoms with Crippen molar-refractivity contribution in [3.8, 4) is 11.4 Å². The van der Waals surface area contributed by atoms with Gasteiger partial charge in [-0.2, -0.15) is 0 Å². The number of hydrogen-bond acceptors (Lipinski definition) is 6. The molecule has 0 radical (unpaired) electrons. The molecule has 1 fully saturated rings. The smallest absolute Gasteiger partial charge is 0.410 e. The van der Waals surface area contributed by atoms with Crippen LogP contribution in [0.25, 0.3) is 11.4 Å². The van der Waals surface area contributed by atoms with E-state index in [9.17, 15) is 4.79 Å². The molecule has 0 aliphatic carbocycles. The van der Waals surface area contributed by atoms with Crippen molar-refractivity contribution >= 4 is 17.7 Å². The first-order chi connectivity index (χ1) is 11.3. The summed E-state index contributed by atoms with van der Waals surface area (Å²) in [5.41, 5.74) is 0.416. The van der Waals surface area contributed by atoms with E-state index < -0.39 is 5.60 Å². The second kappa shape index (κ2) is 6.39. The van der Waals surface area contributed by atoms with Crippen molar-refractivity contribution in [3.63, 3.8) is 0 Å². The van der Waals surface area contributed by atoms with Crippen LogP contribution in [0.3, 0.4) is 0 Å². The number of nitrogens with zero attached hydrogens (tertiary/aromatic N) is 4. The summed E-state index contributed by atoms with van der Waals surface area (Å²) in [5.74, 6) is 0.593. The zero-order valence-corrected chi connectivity index (χ0v) is 14.6. The molecule has 1 atom stereocenters. The topological polar surface area (TPSA) is 81.4 Å². The van der Waals surface area contributed by atoms with Gasteiger partial charge in [0, 0.05) is 25.0 Å². The van der Waals surface area contributed by atoms with E-state index in [1.807, 2.05) is 20.8 Å². The predicted octanol–water partition coefficient (Wildman–Crippen LogP) is 3.86. The molecule has 7 nitrogen and oxygen atoms in total. The molecule has 1 unspecified atom stereocenters. The van der Waals surface area contributed by atoms with Crippen molar-refractivity contribution in [3.05, 3.63) is 29.4 Å². The summed E-state index contributed by atoms with van der Waals surface area (Å²) in [6, 6.07) is 1.56. The first-order valence-corrected chi connectivity index (χ1v) is 8.16. The Labute approximate surface area is 145 Å². The van der Waals surface area contributed by atoms with Gasteiger partial charge >= 0.3 is 6.09 Å². The fraction of sp³-hybridized carbons (Fsp3) is 0.500. The van der Waals surface area contributed by atoms with Gasteiger partial charge in [0.25, 0.3) is 0 Å². The maximum atomic E-state index is 12.4. The molecule has 24 heavy (non-hydrogen) atoms. The molecule has 0 aromatic carbocycles. The Balaban J connectivity index is 1.81. The lowest BCUT2D eigenvalue weighted by Crippen LogP contribution is -2.36. The third-order valence-corrected chi connectivity index (χ3v) is 3.91. The fourth-order valence-electron chi connectivity index (χ4n) is 2.65. The average molecular weight is 351 g/mol. The highest BCUT2D eigenvalue weighted by molar-refractivity contribution is 6.31. The quantitative estimate of drug-likeness (QED) is 0.818. The molecule has 0 spiro atoms. The van der Waals surface area contributed by atoms with Crippen LogP contribution in [0, 0.1) is 0 Å². The van der Waals surface area contributed by atoms with Crippen LogP contribution < -0.4 is 0 Å². The predicted molar refractivity (Wildman–Crippen MR) is 87.5 cm³/mol. The van der Waals surface area contributed by atoms with Gasteiger partial charge in [-0.25, -0.2) is 14.8 Å². The third kappa shape index (κ3) is 3.51. The van der Waals surface area contributed by atoms with Crippen LogP contribution in [0.4, 0.5) is 4.79 Å². The first kappa shape index (κ1) is 16.7. The molecule has 2 aromatic rings. The van der Waals surface area contributed by atoms with Crippen LogP contribution in [-0.4, -0.2) is 38.3 Å². The molecule has 1 aliphatic heterocycles. The Hall–Kier alpha value is -2.15. The van der Waals surface area contributed by atoms with E-state index in [4.69, 9.17) is 20.9 Å². The minimum atomic E-state index is -0.538. The zero-order chi connectivity index (χ0) is 17.3. The standard InChI is InChI=1S/C16H19ClN4O3/c1-16(2,3)23-15(22)21-8-4-5-11(21)12-9-10(20-24-12)13-14(17)19-7-6-18-13/h6-7,9,11H,4-5,8H2,1-3H3. The number of carbonyl (C=O) groups excluding carboxylic acids is 1. The number of carbonyl (C=O) groups is 1. The summed E-state index contributed by atoms with van der Waals surface area (Å²) in [7, 11) is 0. The largest absolute Gasteiger partial charge is 0.444 e. The molecule has 128 valence electrons. The summed E-state index contributed by atoms with van der Waals surface area (Å²) in [4.78, 5) is 22.2. The van der Waals surface area contributed by atoms with Crippen LogP contribution in [0.5, 0.6) is 0 Å². The van der Waals surface area contributed by atoms with Crippen molar-refractivity contribution in [2.24, 2.45) is 0 Å². The summed E-state index contributed by atoms with van der Waals surface area (Å²) < 4.78 is 10.9. The molecule has 1 amide bonds. The monoisotopic (exact) mass is 350 g/mol. The van der Waals surface area contributed by atoms with Gasteiger partial charge in [0.1, 0.15) is 17.0 Å². The van der Waals surface area contributed by atoms with E-state index in [1.165, 1.54) is 12.4 Å². The van der Waals surface area contributed by atoms with Gasteiger partial charge in [0.15, 0.2) is 10.9 Å². The second-order valence-corrected chi connectivity index (χ2v) is 7.00. The molecule has 3 heterocycles. The fourth-order valence-corrected chi connectivity index (χ4v) is 2.85.